The number of carbonyl (C=O) groups excluding carboxylic acids is 3. The number of carboxylic acid groups (broad SMARTS) is 2. The molecule has 4 saturated heterocycles. The molecule has 0 unspecified atom stereocenters. The molecule has 5 aliphatic rings. The first-order valence-corrected chi connectivity index (χ1v) is 15.6. The summed E-state index contributed by atoms with van der Waals surface area (Å²) in [7, 11) is 0. The maximum atomic E-state index is 12.9. The molecule has 2 bridgehead atoms. The van der Waals surface area contributed by atoms with Crippen LogP contribution in [0.15, 0.2) is 0 Å². The molecule has 0 radical (unpaired) electrons. The van der Waals surface area contributed by atoms with Crippen molar-refractivity contribution < 1.29 is 58.2 Å². The Morgan fingerprint density at radius 3 is 2.32 bits per heavy atom. The Balaban J connectivity index is 1.34. The molecule has 0 aromatic rings. The Kier molecular flexibility index (Phi) is 10.6. The first-order chi connectivity index (χ1) is 20.6. The third-order valence-corrected chi connectivity index (χ3v) is 9.52. The first kappa shape index (κ1) is 34.1. The van der Waals surface area contributed by atoms with Gasteiger partial charge in [0.25, 0.3) is 0 Å². The minimum absolute atomic E-state index is 0.0352. The normalized spacial score (nSPS) is 35.5. The number of rotatable bonds is 13. The van der Waals surface area contributed by atoms with Crippen LogP contribution in [0.4, 0.5) is 0 Å². The van der Waals surface area contributed by atoms with Crippen molar-refractivity contribution in [3.63, 3.8) is 0 Å². The molecule has 248 valence electrons. The van der Waals surface area contributed by atoms with Crippen LogP contribution in [-0.4, -0.2) is 76.0 Å². The van der Waals surface area contributed by atoms with Gasteiger partial charge in [0.15, 0.2) is 11.9 Å². The Morgan fingerprint density at radius 1 is 0.932 bits per heavy atom. The molecule has 4 aliphatic heterocycles. The van der Waals surface area contributed by atoms with Crippen LogP contribution in [0.2, 0.25) is 0 Å². The van der Waals surface area contributed by atoms with Crippen molar-refractivity contribution in [3.05, 3.63) is 0 Å². The molecule has 1 aliphatic carbocycles. The van der Waals surface area contributed by atoms with Crippen LogP contribution in [0.3, 0.4) is 0 Å². The standard InChI is InChI=1S/C30H46N2O12/c1-15(2)14-21(25(37)32-20(26(38)39)8-10-23(34)35)31-22(33)9-11-24(36)40-27-17(4)19-7-6-16(3)18-12-13-29(5)42-28(41-27)30(18,19)44-43-29/h15-21,27-28H,6-14H2,1-5H3,(H,31,33)(H,32,37)(H,34,35)(H,38,39)/t16-,17+,18+,19+,20+,21+,27-,28+,29+,30-/m1/s1. The molecule has 5 fully saturated rings. The van der Waals surface area contributed by atoms with Gasteiger partial charge in [-0.2, -0.15) is 0 Å². The summed E-state index contributed by atoms with van der Waals surface area (Å²) in [6, 6.07) is -2.50. The highest BCUT2D eigenvalue weighted by Gasteiger charge is 2.69. The molecule has 44 heavy (non-hydrogen) atoms. The third kappa shape index (κ3) is 7.35. The highest BCUT2D eigenvalue weighted by atomic mass is 17.3. The minimum Gasteiger partial charge on any atom is -0.481 e. The average molecular weight is 627 g/mol. The van der Waals surface area contributed by atoms with Crippen molar-refractivity contribution in [2.45, 2.75) is 128 Å². The smallest absolute Gasteiger partial charge is 0.326 e. The molecule has 4 heterocycles. The molecule has 14 nitrogen and oxygen atoms in total. The summed E-state index contributed by atoms with van der Waals surface area (Å²) >= 11 is 0. The van der Waals surface area contributed by atoms with Crippen molar-refractivity contribution in [1.29, 1.82) is 0 Å². The van der Waals surface area contributed by atoms with Gasteiger partial charge in [0.05, 0.1) is 6.42 Å². The van der Waals surface area contributed by atoms with E-state index in [2.05, 4.69) is 17.6 Å². The Bertz CT molecular complexity index is 1120. The van der Waals surface area contributed by atoms with Crippen LogP contribution in [-0.2, 0) is 48.0 Å². The van der Waals surface area contributed by atoms with Crippen molar-refractivity contribution in [1.82, 2.24) is 10.6 Å². The summed E-state index contributed by atoms with van der Waals surface area (Å²) in [4.78, 5) is 72.8. The number of hydrogen-bond donors (Lipinski definition) is 4. The number of nitrogens with one attached hydrogen (secondary N) is 2. The van der Waals surface area contributed by atoms with E-state index >= 15 is 0 Å². The zero-order valence-corrected chi connectivity index (χ0v) is 26.0. The maximum Gasteiger partial charge on any atom is 0.326 e. The van der Waals surface area contributed by atoms with E-state index in [9.17, 15) is 29.1 Å². The first-order valence-electron chi connectivity index (χ1n) is 15.6. The van der Waals surface area contributed by atoms with E-state index in [1.165, 1.54) is 0 Å². The van der Waals surface area contributed by atoms with E-state index in [4.69, 9.17) is 29.1 Å². The van der Waals surface area contributed by atoms with Crippen LogP contribution in [0.25, 0.3) is 0 Å². The number of carbonyl (C=O) groups is 5. The van der Waals surface area contributed by atoms with E-state index < -0.39 is 72.2 Å². The van der Waals surface area contributed by atoms with E-state index in [1.54, 1.807) is 0 Å². The third-order valence-electron chi connectivity index (χ3n) is 9.52. The lowest BCUT2D eigenvalue weighted by molar-refractivity contribution is -0.576. The highest BCUT2D eigenvalue weighted by molar-refractivity contribution is 5.91. The van der Waals surface area contributed by atoms with Gasteiger partial charge in [-0.05, 0) is 56.8 Å². The predicted molar refractivity (Wildman–Crippen MR) is 150 cm³/mol. The molecule has 2 amide bonds. The molecule has 10 atom stereocenters. The summed E-state index contributed by atoms with van der Waals surface area (Å²) in [5.74, 6) is -5.28. The van der Waals surface area contributed by atoms with Crippen LogP contribution < -0.4 is 10.6 Å². The number of amides is 2. The Hall–Kier alpha value is -2.81. The monoisotopic (exact) mass is 626 g/mol. The number of aliphatic carboxylic acids is 2. The molecule has 14 heteroatoms. The van der Waals surface area contributed by atoms with Gasteiger partial charge in [0.1, 0.15) is 12.1 Å². The van der Waals surface area contributed by atoms with Gasteiger partial charge >= 0.3 is 17.9 Å². The number of carboxylic acids is 2. The molecular formula is C30H46N2O12. The lowest BCUT2D eigenvalue weighted by Gasteiger charge is -2.59. The zero-order valence-electron chi connectivity index (χ0n) is 26.0. The van der Waals surface area contributed by atoms with Gasteiger partial charge in [-0.1, -0.05) is 27.7 Å². The number of hydrogen-bond acceptors (Lipinski definition) is 10. The number of ether oxygens (including phenoxy) is 3. The van der Waals surface area contributed by atoms with Gasteiger partial charge in [0, 0.05) is 31.1 Å². The highest BCUT2D eigenvalue weighted by Crippen LogP contribution is 2.60. The molecular weight excluding hydrogens is 580 g/mol. The second-order valence-corrected chi connectivity index (χ2v) is 13.3. The summed E-state index contributed by atoms with van der Waals surface area (Å²) < 4.78 is 18.3. The van der Waals surface area contributed by atoms with Crippen molar-refractivity contribution >= 4 is 29.7 Å². The summed E-state index contributed by atoms with van der Waals surface area (Å²) in [5.41, 5.74) is -0.796. The van der Waals surface area contributed by atoms with E-state index in [-0.39, 0.29) is 49.4 Å². The van der Waals surface area contributed by atoms with Crippen LogP contribution >= 0.6 is 0 Å². The van der Waals surface area contributed by atoms with Gasteiger partial charge in [-0.15, -0.1) is 0 Å². The van der Waals surface area contributed by atoms with E-state index in [0.29, 0.717) is 12.3 Å². The lowest BCUT2D eigenvalue weighted by Crippen LogP contribution is -2.70. The molecule has 4 N–H and O–H groups in total. The van der Waals surface area contributed by atoms with Crippen LogP contribution in [0, 0.1) is 29.6 Å². The Labute approximate surface area is 256 Å². The number of fused-ring (bicyclic) bond motifs is 2. The molecule has 1 spiro atoms. The number of esters is 1. The van der Waals surface area contributed by atoms with E-state index in [1.807, 2.05) is 27.7 Å². The Morgan fingerprint density at radius 2 is 1.66 bits per heavy atom. The fourth-order valence-electron chi connectivity index (χ4n) is 7.18. The quantitative estimate of drug-likeness (QED) is 0.172. The SMILES string of the molecule is CC(C)C[C@H](NC(=O)CCC(=O)O[C@@H]1O[C@H]2O[C@]3(C)CC[C@H]4[C@H](C)CC[C@@H]([C@@H]1C)[C@@]24OO3)C(=O)N[C@@H](CCC(=O)O)C(=O)O. The minimum atomic E-state index is -1.42. The fraction of sp³-hybridized carbons (Fsp3) is 0.833. The van der Waals surface area contributed by atoms with Gasteiger partial charge in [-0.25, -0.2) is 14.6 Å². The molecule has 0 aromatic heterocycles. The largest absolute Gasteiger partial charge is 0.481 e. The fourth-order valence-corrected chi connectivity index (χ4v) is 7.18. The van der Waals surface area contributed by atoms with Crippen molar-refractivity contribution in [2.24, 2.45) is 29.6 Å². The van der Waals surface area contributed by atoms with Crippen molar-refractivity contribution in [2.75, 3.05) is 0 Å². The second kappa shape index (κ2) is 13.7. The zero-order chi connectivity index (χ0) is 32.4. The molecule has 0 aromatic carbocycles. The summed E-state index contributed by atoms with van der Waals surface area (Å²) in [6.07, 6.45) is 0.558. The van der Waals surface area contributed by atoms with Crippen molar-refractivity contribution in [3.8, 4) is 0 Å². The van der Waals surface area contributed by atoms with Crippen LogP contribution in [0.5, 0.6) is 0 Å². The topological polar surface area (TPSA) is 196 Å². The van der Waals surface area contributed by atoms with E-state index in [0.717, 1.165) is 19.3 Å². The van der Waals surface area contributed by atoms with Crippen LogP contribution in [0.1, 0.15) is 92.4 Å². The predicted octanol–water partition coefficient (Wildman–Crippen LogP) is 2.48. The summed E-state index contributed by atoms with van der Waals surface area (Å²) in [5, 5.41) is 23.1. The summed E-state index contributed by atoms with van der Waals surface area (Å²) in [6.45, 7) is 9.62. The van der Waals surface area contributed by atoms with Gasteiger partial charge in [-0.3, -0.25) is 19.2 Å². The molecule has 1 saturated carbocycles. The van der Waals surface area contributed by atoms with Gasteiger partial charge < -0.3 is 35.1 Å². The molecule has 5 rings (SSSR count). The maximum absolute atomic E-state index is 12.9. The average Bonchev–Trinajstić information content (AvgIpc) is 3.17. The lowest BCUT2D eigenvalue weighted by atomic mass is 9.58. The van der Waals surface area contributed by atoms with Gasteiger partial charge in [0.2, 0.25) is 23.9 Å². The second-order valence-electron chi connectivity index (χ2n) is 13.3.